The third-order valence-corrected chi connectivity index (χ3v) is 7.07. The summed E-state index contributed by atoms with van der Waals surface area (Å²) in [5.41, 5.74) is 1.55. The van der Waals surface area contributed by atoms with E-state index in [0.29, 0.717) is 29.3 Å². The number of rotatable bonds is 20. The van der Waals surface area contributed by atoms with E-state index in [-0.39, 0.29) is 18.0 Å². The van der Waals surface area contributed by atoms with Gasteiger partial charge < -0.3 is 5.32 Å². The van der Waals surface area contributed by atoms with Crippen LogP contribution in [-0.4, -0.2) is 22.7 Å². The lowest BCUT2D eigenvalue weighted by molar-refractivity contribution is -0.304. The molecule has 0 radical (unpaired) electrons. The molecule has 0 aliphatic heterocycles. The van der Waals surface area contributed by atoms with E-state index in [1.165, 1.54) is 68.9 Å². The third-order valence-electron chi connectivity index (χ3n) is 6.74. The molecule has 1 aromatic heterocycles. The molecular weight excluding hydrogens is 514 g/mol. The maximum atomic E-state index is 12.7. The molecule has 0 saturated heterocycles. The van der Waals surface area contributed by atoms with Crippen LogP contribution in [0.15, 0.2) is 53.3 Å². The number of aldehydes is 1. The Kier molecular flexibility index (Phi) is 13.9. The molecule has 0 bridgehead atoms. The van der Waals surface area contributed by atoms with E-state index >= 15 is 0 Å². The molecule has 0 amide bonds. The van der Waals surface area contributed by atoms with Gasteiger partial charge in [-0.1, -0.05) is 113 Å². The molecule has 0 atom stereocenters. The van der Waals surface area contributed by atoms with Crippen molar-refractivity contribution >= 4 is 29.4 Å². The van der Waals surface area contributed by atoms with Gasteiger partial charge in [-0.25, -0.2) is 14.5 Å². The van der Waals surface area contributed by atoms with Crippen LogP contribution in [0.1, 0.15) is 99.9 Å². The quantitative estimate of drug-likeness (QED) is 0.0631. The molecular formula is C31H42ClN3O4. The highest BCUT2D eigenvalue weighted by molar-refractivity contribution is 6.33. The van der Waals surface area contributed by atoms with Gasteiger partial charge in [0, 0.05) is 0 Å². The number of para-hydroxylation sites is 1. The molecule has 0 unspecified atom stereocenters. The highest BCUT2D eigenvalue weighted by atomic mass is 35.5. The van der Waals surface area contributed by atoms with Crippen molar-refractivity contribution in [3.8, 4) is 5.69 Å². The number of benzene rings is 2. The van der Waals surface area contributed by atoms with Gasteiger partial charge in [0.25, 0.3) is 5.56 Å². The normalized spacial score (nSPS) is 11.1. The number of nitrogens with zero attached hydrogens (tertiary/aromatic N) is 1. The van der Waals surface area contributed by atoms with Gasteiger partial charge in [0.2, 0.25) is 0 Å². The van der Waals surface area contributed by atoms with Crippen molar-refractivity contribution < 1.29 is 14.6 Å². The Balaban J connectivity index is 1.37. The maximum absolute atomic E-state index is 12.7. The first kappa shape index (κ1) is 30.7. The Labute approximate surface area is 236 Å². The average molecular weight is 556 g/mol. The number of carbonyl (C=O) groups excluding carboxylic acids is 1. The van der Waals surface area contributed by atoms with Crippen LogP contribution in [0.2, 0.25) is 5.02 Å². The van der Waals surface area contributed by atoms with Crippen LogP contribution in [0.25, 0.3) is 5.69 Å². The molecule has 0 spiro atoms. The first-order valence-electron chi connectivity index (χ1n) is 14.3. The first-order valence-corrected chi connectivity index (χ1v) is 14.7. The predicted molar refractivity (Wildman–Crippen MR) is 158 cm³/mol. The number of anilines is 2. The van der Waals surface area contributed by atoms with Crippen molar-refractivity contribution in [1.82, 2.24) is 9.78 Å². The summed E-state index contributed by atoms with van der Waals surface area (Å²) < 4.78 is 1.32. The van der Waals surface area contributed by atoms with E-state index in [0.717, 1.165) is 18.4 Å². The molecule has 0 aliphatic rings. The summed E-state index contributed by atoms with van der Waals surface area (Å²) in [7, 11) is 0. The molecule has 3 rings (SSSR count). The summed E-state index contributed by atoms with van der Waals surface area (Å²) in [6.07, 6.45) is 16.1. The molecule has 7 nitrogen and oxygen atoms in total. The molecule has 0 saturated carbocycles. The SMILES string of the molecule is CCCCCCCCCCCCCCOOCc1ccc(Cl)c(Nc2[nH]n(-c3ccccc3)c(=O)c2C=O)c1. The minimum absolute atomic E-state index is 0.0117. The number of unbranched alkanes of at least 4 members (excludes halogenated alkanes) is 11. The molecule has 8 heteroatoms. The second-order valence-electron chi connectivity index (χ2n) is 9.91. The minimum atomic E-state index is -0.444. The molecule has 39 heavy (non-hydrogen) atoms. The zero-order chi connectivity index (χ0) is 27.7. The van der Waals surface area contributed by atoms with Gasteiger partial charge in [0.05, 0.1) is 23.0 Å². The van der Waals surface area contributed by atoms with Crippen molar-refractivity contribution in [2.24, 2.45) is 0 Å². The minimum Gasteiger partial charge on any atom is -0.339 e. The van der Waals surface area contributed by atoms with Gasteiger partial charge in [0.15, 0.2) is 6.29 Å². The van der Waals surface area contributed by atoms with Crippen LogP contribution in [-0.2, 0) is 16.4 Å². The monoisotopic (exact) mass is 555 g/mol. The fraction of sp³-hybridized carbons (Fsp3) is 0.484. The van der Waals surface area contributed by atoms with Gasteiger partial charge >= 0.3 is 0 Å². The van der Waals surface area contributed by atoms with Crippen LogP contribution in [0.4, 0.5) is 11.5 Å². The third kappa shape index (κ3) is 10.3. The van der Waals surface area contributed by atoms with E-state index in [2.05, 4.69) is 17.3 Å². The molecule has 0 fully saturated rings. The van der Waals surface area contributed by atoms with Crippen molar-refractivity contribution in [2.75, 3.05) is 11.9 Å². The zero-order valence-corrected chi connectivity index (χ0v) is 23.8. The van der Waals surface area contributed by atoms with Gasteiger partial charge in [-0.3, -0.25) is 14.7 Å². The molecule has 0 aliphatic carbocycles. The van der Waals surface area contributed by atoms with Crippen molar-refractivity contribution in [1.29, 1.82) is 0 Å². The largest absolute Gasteiger partial charge is 0.339 e. The number of hydrogen-bond acceptors (Lipinski definition) is 5. The van der Waals surface area contributed by atoms with E-state index in [1.54, 1.807) is 18.2 Å². The predicted octanol–water partition coefficient (Wildman–Crippen LogP) is 8.52. The lowest BCUT2D eigenvalue weighted by Gasteiger charge is -2.10. The summed E-state index contributed by atoms with van der Waals surface area (Å²) in [5.74, 6) is 0.266. The Bertz CT molecular complexity index is 1180. The van der Waals surface area contributed by atoms with Crippen LogP contribution in [0, 0.1) is 0 Å². The highest BCUT2D eigenvalue weighted by Crippen LogP contribution is 2.27. The molecule has 3 aromatic rings. The Morgan fingerprint density at radius 3 is 2.15 bits per heavy atom. The van der Waals surface area contributed by atoms with Crippen LogP contribution < -0.4 is 10.9 Å². The number of halogens is 1. The molecule has 1 heterocycles. The Hall–Kier alpha value is -2.87. The van der Waals surface area contributed by atoms with Gasteiger partial charge in [-0.15, -0.1) is 0 Å². The lowest BCUT2D eigenvalue weighted by Crippen LogP contribution is -2.16. The topological polar surface area (TPSA) is 85.3 Å². The summed E-state index contributed by atoms with van der Waals surface area (Å²) in [5, 5.41) is 6.49. The average Bonchev–Trinajstić information content (AvgIpc) is 3.27. The van der Waals surface area contributed by atoms with Gasteiger partial charge in [0.1, 0.15) is 18.0 Å². The Morgan fingerprint density at radius 2 is 1.51 bits per heavy atom. The number of aromatic nitrogens is 2. The highest BCUT2D eigenvalue weighted by Gasteiger charge is 2.16. The fourth-order valence-corrected chi connectivity index (χ4v) is 4.64. The van der Waals surface area contributed by atoms with Gasteiger partial charge in [-0.2, -0.15) is 0 Å². The second-order valence-corrected chi connectivity index (χ2v) is 10.3. The van der Waals surface area contributed by atoms with Gasteiger partial charge in [-0.05, 0) is 36.2 Å². The first-order chi connectivity index (χ1) is 19.1. The Morgan fingerprint density at radius 1 is 0.872 bits per heavy atom. The summed E-state index contributed by atoms with van der Waals surface area (Å²) in [4.78, 5) is 35.2. The van der Waals surface area contributed by atoms with Crippen molar-refractivity contribution in [2.45, 2.75) is 90.6 Å². The van der Waals surface area contributed by atoms with Crippen molar-refractivity contribution in [3.63, 3.8) is 0 Å². The molecule has 2 aromatic carbocycles. The number of H-pyrrole nitrogens is 1. The van der Waals surface area contributed by atoms with Crippen molar-refractivity contribution in [3.05, 3.63) is 75.0 Å². The van der Waals surface area contributed by atoms with E-state index in [9.17, 15) is 9.59 Å². The van der Waals surface area contributed by atoms with Crippen LogP contribution >= 0.6 is 11.6 Å². The molecule has 212 valence electrons. The number of nitrogens with one attached hydrogen (secondary N) is 2. The van der Waals surface area contributed by atoms with Crippen LogP contribution in [0.5, 0.6) is 0 Å². The standard InChI is InChI=1S/C31H42ClN3O4/c1-2-3-4-5-6-7-8-9-10-11-12-16-21-38-39-24-25-19-20-28(32)29(22-25)33-30-27(23-36)31(37)35(34-30)26-17-14-13-15-18-26/h13-15,17-20,22-23,33-34H,2-12,16,21,24H2,1H3. The number of carbonyl (C=O) groups is 1. The second kappa shape index (κ2) is 17.7. The number of aromatic amines is 1. The zero-order valence-electron chi connectivity index (χ0n) is 23.1. The van der Waals surface area contributed by atoms with Crippen LogP contribution in [0.3, 0.4) is 0 Å². The van der Waals surface area contributed by atoms with E-state index in [1.807, 2.05) is 30.3 Å². The molecule has 2 N–H and O–H groups in total. The lowest BCUT2D eigenvalue weighted by atomic mass is 10.1. The number of hydrogen-bond donors (Lipinski definition) is 2. The van der Waals surface area contributed by atoms with E-state index < -0.39 is 5.56 Å². The fourth-order valence-electron chi connectivity index (χ4n) is 4.48. The maximum Gasteiger partial charge on any atom is 0.284 e. The summed E-state index contributed by atoms with van der Waals surface area (Å²) >= 11 is 6.38. The summed E-state index contributed by atoms with van der Waals surface area (Å²) in [6.45, 7) is 3.08. The van der Waals surface area contributed by atoms with E-state index in [4.69, 9.17) is 21.4 Å². The summed E-state index contributed by atoms with van der Waals surface area (Å²) in [6, 6.07) is 14.4. The smallest absolute Gasteiger partial charge is 0.284 e.